The van der Waals surface area contributed by atoms with Gasteiger partial charge < -0.3 is 15.9 Å². The maximum absolute atomic E-state index is 5.83. The second-order valence-corrected chi connectivity index (χ2v) is 3.82. The molecule has 1 rings (SSSR count). The van der Waals surface area contributed by atoms with Crippen LogP contribution >= 0.6 is 24.8 Å². The summed E-state index contributed by atoms with van der Waals surface area (Å²) < 4.78 is 5.00. The lowest BCUT2D eigenvalue weighted by atomic mass is 9.87. The zero-order valence-electron chi connectivity index (χ0n) is 8.35. The van der Waals surface area contributed by atoms with Gasteiger partial charge in [-0.05, 0) is 5.41 Å². The maximum atomic E-state index is 5.83. The average molecular weight is 243 g/mol. The largest absolute Gasteiger partial charge is 0.407 e. The number of nitrogens with zero attached hydrogens (tertiary/aromatic N) is 2. The molecule has 0 aliphatic carbocycles. The zero-order valence-corrected chi connectivity index (χ0v) is 9.98. The Labute approximate surface area is 95.4 Å². The van der Waals surface area contributed by atoms with Crippen LogP contribution in [0, 0.1) is 5.41 Å². The molecule has 0 fully saturated rings. The number of aromatic nitrogens is 2. The minimum Gasteiger partial charge on any atom is -0.407 e. The van der Waals surface area contributed by atoms with Crippen LogP contribution in [0.4, 0.5) is 6.01 Å². The molecule has 0 radical (unpaired) electrons. The summed E-state index contributed by atoms with van der Waals surface area (Å²) in [5.41, 5.74) is 11.0. The van der Waals surface area contributed by atoms with Crippen LogP contribution < -0.4 is 11.5 Å². The molecule has 0 saturated heterocycles. The third-order valence-electron chi connectivity index (χ3n) is 1.66. The third-order valence-corrected chi connectivity index (χ3v) is 1.66. The smallest absolute Gasteiger partial charge is 0.312 e. The van der Waals surface area contributed by atoms with E-state index in [0.717, 1.165) is 0 Å². The Hall–Kier alpha value is -0.520. The lowest BCUT2D eigenvalue weighted by molar-refractivity contribution is 0.279. The fourth-order valence-electron chi connectivity index (χ4n) is 0.743. The van der Waals surface area contributed by atoms with Crippen LogP contribution in [-0.2, 0) is 0 Å². The number of rotatable bonds is 1. The van der Waals surface area contributed by atoms with Crippen molar-refractivity contribution in [2.75, 3.05) is 5.73 Å². The first-order valence-electron chi connectivity index (χ1n) is 3.75. The fraction of sp³-hybridized carbons (Fsp3) is 0.714. The standard InChI is InChI=1S/C7H14N4O.2ClH/c1-7(2,3)4(8)5-10-11-6(9)12-5;;/h4H,8H2,1-3H3,(H2,9,11);2*1H. The topological polar surface area (TPSA) is 91.0 Å². The third kappa shape index (κ3) is 3.69. The zero-order chi connectivity index (χ0) is 9.35. The van der Waals surface area contributed by atoms with Crippen molar-refractivity contribution < 1.29 is 4.42 Å². The molecule has 0 bridgehead atoms. The summed E-state index contributed by atoms with van der Waals surface area (Å²) >= 11 is 0. The second kappa shape index (κ2) is 5.38. The molecule has 1 aromatic heterocycles. The molecule has 1 atom stereocenters. The highest BCUT2D eigenvalue weighted by molar-refractivity contribution is 5.85. The van der Waals surface area contributed by atoms with Crippen molar-refractivity contribution in [2.24, 2.45) is 11.1 Å². The summed E-state index contributed by atoms with van der Waals surface area (Å²) in [5.74, 6) is 0.389. The van der Waals surface area contributed by atoms with Crippen LogP contribution in [0.2, 0.25) is 0 Å². The van der Waals surface area contributed by atoms with Crippen molar-refractivity contribution in [1.29, 1.82) is 0 Å². The van der Waals surface area contributed by atoms with Crippen molar-refractivity contribution in [3.8, 4) is 0 Å². The van der Waals surface area contributed by atoms with Gasteiger partial charge in [-0.2, -0.15) is 0 Å². The molecular formula is C7H16Cl2N4O. The molecule has 0 saturated carbocycles. The summed E-state index contributed by atoms with van der Waals surface area (Å²) in [6.07, 6.45) is 0. The highest BCUT2D eigenvalue weighted by Gasteiger charge is 2.26. The van der Waals surface area contributed by atoms with Gasteiger partial charge in [-0.1, -0.05) is 25.9 Å². The van der Waals surface area contributed by atoms with Gasteiger partial charge in [0.25, 0.3) is 0 Å². The molecule has 84 valence electrons. The summed E-state index contributed by atoms with van der Waals surface area (Å²) in [4.78, 5) is 0. The monoisotopic (exact) mass is 242 g/mol. The first kappa shape index (κ1) is 15.9. The van der Waals surface area contributed by atoms with Crippen LogP contribution in [0.15, 0.2) is 4.42 Å². The van der Waals surface area contributed by atoms with Gasteiger partial charge >= 0.3 is 6.01 Å². The first-order valence-corrected chi connectivity index (χ1v) is 3.75. The highest BCUT2D eigenvalue weighted by Crippen LogP contribution is 2.29. The normalized spacial score (nSPS) is 12.6. The molecule has 1 aromatic rings. The molecule has 0 aromatic carbocycles. The van der Waals surface area contributed by atoms with Crippen LogP contribution in [0.3, 0.4) is 0 Å². The Bertz CT molecular complexity index is 271. The van der Waals surface area contributed by atoms with Crippen molar-refractivity contribution >= 4 is 30.8 Å². The highest BCUT2D eigenvalue weighted by atomic mass is 35.5. The summed E-state index contributed by atoms with van der Waals surface area (Å²) in [5, 5.41) is 7.25. The van der Waals surface area contributed by atoms with Gasteiger partial charge in [-0.25, -0.2) is 0 Å². The van der Waals surface area contributed by atoms with Crippen molar-refractivity contribution in [3.63, 3.8) is 0 Å². The van der Waals surface area contributed by atoms with Gasteiger partial charge in [0.2, 0.25) is 5.89 Å². The molecular weight excluding hydrogens is 227 g/mol. The minimum atomic E-state index is -0.276. The number of nitrogen functional groups attached to an aromatic ring is 1. The molecule has 1 unspecified atom stereocenters. The van der Waals surface area contributed by atoms with Gasteiger partial charge in [0.05, 0.1) is 6.04 Å². The number of nitrogens with two attached hydrogens (primary N) is 2. The predicted octanol–water partition coefficient (Wildman–Crippen LogP) is 1.54. The molecule has 7 heteroatoms. The Morgan fingerprint density at radius 2 is 1.71 bits per heavy atom. The lowest BCUT2D eigenvalue weighted by Crippen LogP contribution is -2.26. The van der Waals surface area contributed by atoms with E-state index in [1.165, 1.54) is 0 Å². The van der Waals surface area contributed by atoms with Crippen molar-refractivity contribution in [1.82, 2.24) is 10.2 Å². The van der Waals surface area contributed by atoms with E-state index in [2.05, 4.69) is 10.2 Å². The van der Waals surface area contributed by atoms with E-state index >= 15 is 0 Å². The van der Waals surface area contributed by atoms with E-state index < -0.39 is 0 Å². The number of hydrogen-bond acceptors (Lipinski definition) is 5. The van der Waals surface area contributed by atoms with E-state index in [-0.39, 0.29) is 42.3 Å². The summed E-state index contributed by atoms with van der Waals surface area (Å²) in [6, 6.07) is -0.216. The molecule has 1 heterocycles. The molecule has 5 nitrogen and oxygen atoms in total. The lowest BCUT2D eigenvalue weighted by Gasteiger charge is -2.23. The minimum absolute atomic E-state index is 0. The van der Waals surface area contributed by atoms with E-state index in [0.29, 0.717) is 5.89 Å². The molecule has 14 heavy (non-hydrogen) atoms. The second-order valence-electron chi connectivity index (χ2n) is 3.82. The van der Waals surface area contributed by atoms with Crippen LogP contribution in [0.5, 0.6) is 0 Å². The Morgan fingerprint density at radius 3 is 2.00 bits per heavy atom. The van der Waals surface area contributed by atoms with Crippen molar-refractivity contribution in [3.05, 3.63) is 5.89 Å². The van der Waals surface area contributed by atoms with E-state index in [1.54, 1.807) is 0 Å². The predicted molar refractivity (Wildman–Crippen MR) is 59.6 cm³/mol. The molecule has 4 N–H and O–H groups in total. The Balaban J connectivity index is 0. The summed E-state index contributed by atoms with van der Waals surface area (Å²) in [6.45, 7) is 5.99. The SMILES string of the molecule is CC(C)(C)C(N)c1nnc(N)o1.Cl.Cl. The van der Waals surface area contributed by atoms with E-state index in [9.17, 15) is 0 Å². The molecule has 0 aliphatic heterocycles. The Morgan fingerprint density at radius 1 is 1.21 bits per heavy atom. The molecule has 0 aliphatic rings. The quantitative estimate of drug-likeness (QED) is 0.780. The number of anilines is 1. The fourth-order valence-corrected chi connectivity index (χ4v) is 0.743. The first-order chi connectivity index (χ1) is 5.41. The van der Waals surface area contributed by atoms with Gasteiger partial charge in [0, 0.05) is 0 Å². The Kier molecular flexibility index (Phi) is 6.13. The van der Waals surface area contributed by atoms with Crippen LogP contribution in [0.25, 0.3) is 0 Å². The molecule has 0 amide bonds. The average Bonchev–Trinajstić information content (AvgIpc) is 2.32. The van der Waals surface area contributed by atoms with E-state index in [4.69, 9.17) is 15.9 Å². The van der Waals surface area contributed by atoms with Crippen molar-refractivity contribution in [2.45, 2.75) is 26.8 Å². The maximum Gasteiger partial charge on any atom is 0.312 e. The number of hydrogen-bond donors (Lipinski definition) is 2. The van der Waals surface area contributed by atoms with E-state index in [1.807, 2.05) is 20.8 Å². The molecule has 0 spiro atoms. The van der Waals surface area contributed by atoms with Gasteiger partial charge in [0.1, 0.15) is 0 Å². The van der Waals surface area contributed by atoms with Gasteiger partial charge in [0.15, 0.2) is 0 Å². The van der Waals surface area contributed by atoms with Gasteiger partial charge in [-0.3, -0.25) is 0 Å². The summed E-state index contributed by atoms with van der Waals surface area (Å²) in [7, 11) is 0. The van der Waals surface area contributed by atoms with Crippen LogP contribution in [0.1, 0.15) is 32.7 Å². The van der Waals surface area contributed by atoms with Crippen LogP contribution in [-0.4, -0.2) is 10.2 Å². The number of halogens is 2. The van der Waals surface area contributed by atoms with Gasteiger partial charge in [-0.15, -0.1) is 29.9 Å².